The second-order valence-corrected chi connectivity index (χ2v) is 3.27. The SMILES string of the molecule is CCNC(=O)c1ccc([C@H](C)N)cc1. The number of carbonyl (C=O) groups is 1. The normalized spacial score (nSPS) is 12.2. The van der Waals surface area contributed by atoms with Gasteiger partial charge in [0.25, 0.3) is 5.91 Å². The Bertz CT molecular complexity index is 304. The molecule has 1 aromatic rings. The number of rotatable bonds is 3. The Labute approximate surface area is 84.3 Å². The third-order valence-electron chi connectivity index (χ3n) is 2.04. The van der Waals surface area contributed by atoms with Gasteiger partial charge in [-0.1, -0.05) is 12.1 Å². The van der Waals surface area contributed by atoms with Crippen LogP contribution in [0, 0.1) is 0 Å². The third-order valence-corrected chi connectivity index (χ3v) is 2.04. The molecule has 3 nitrogen and oxygen atoms in total. The summed E-state index contributed by atoms with van der Waals surface area (Å²) in [5, 5.41) is 2.74. The van der Waals surface area contributed by atoms with Gasteiger partial charge in [0.05, 0.1) is 0 Å². The Balaban J connectivity index is 2.78. The molecule has 1 aromatic carbocycles. The molecule has 14 heavy (non-hydrogen) atoms. The molecule has 0 unspecified atom stereocenters. The zero-order valence-electron chi connectivity index (χ0n) is 8.58. The molecular weight excluding hydrogens is 176 g/mol. The van der Waals surface area contributed by atoms with Crippen LogP contribution in [0.5, 0.6) is 0 Å². The van der Waals surface area contributed by atoms with Crippen LogP contribution in [0.2, 0.25) is 0 Å². The van der Waals surface area contributed by atoms with Crippen molar-refractivity contribution < 1.29 is 4.79 Å². The predicted octanol–water partition coefficient (Wildman–Crippen LogP) is 1.46. The minimum Gasteiger partial charge on any atom is -0.352 e. The summed E-state index contributed by atoms with van der Waals surface area (Å²) in [6, 6.07) is 7.37. The summed E-state index contributed by atoms with van der Waals surface area (Å²) in [6.07, 6.45) is 0. The van der Waals surface area contributed by atoms with Crippen LogP contribution in [0.4, 0.5) is 0 Å². The highest BCUT2D eigenvalue weighted by molar-refractivity contribution is 5.94. The van der Waals surface area contributed by atoms with E-state index in [0.717, 1.165) is 5.56 Å². The first-order valence-electron chi connectivity index (χ1n) is 4.79. The molecule has 0 heterocycles. The van der Waals surface area contributed by atoms with Gasteiger partial charge in [-0.15, -0.1) is 0 Å². The number of nitrogens with two attached hydrogens (primary N) is 1. The quantitative estimate of drug-likeness (QED) is 0.761. The van der Waals surface area contributed by atoms with Crippen LogP contribution in [0.3, 0.4) is 0 Å². The number of nitrogens with one attached hydrogen (secondary N) is 1. The van der Waals surface area contributed by atoms with Crippen molar-refractivity contribution in [1.29, 1.82) is 0 Å². The predicted molar refractivity (Wildman–Crippen MR) is 57.1 cm³/mol. The van der Waals surface area contributed by atoms with Gasteiger partial charge in [0, 0.05) is 18.2 Å². The van der Waals surface area contributed by atoms with Gasteiger partial charge in [-0.05, 0) is 31.5 Å². The lowest BCUT2D eigenvalue weighted by molar-refractivity contribution is 0.0956. The zero-order valence-corrected chi connectivity index (χ0v) is 8.58. The lowest BCUT2D eigenvalue weighted by atomic mass is 10.1. The molecule has 0 radical (unpaired) electrons. The molecule has 0 fully saturated rings. The van der Waals surface area contributed by atoms with Crippen LogP contribution in [-0.4, -0.2) is 12.5 Å². The monoisotopic (exact) mass is 192 g/mol. The number of carbonyl (C=O) groups excluding carboxylic acids is 1. The van der Waals surface area contributed by atoms with Gasteiger partial charge in [-0.3, -0.25) is 4.79 Å². The van der Waals surface area contributed by atoms with Gasteiger partial charge in [0.2, 0.25) is 0 Å². The Morgan fingerprint density at radius 3 is 2.43 bits per heavy atom. The molecule has 1 rings (SSSR count). The fraction of sp³-hybridized carbons (Fsp3) is 0.364. The van der Waals surface area contributed by atoms with E-state index >= 15 is 0 Å². The fourth-order valence-electron chi connectivity index (χ4n) is 1.20. The number of amides is 1. The molecule has 0 bridgehead atoms. The smallest absolute Gasteiger partial charge is 0.251 e. The van der Waals surface area contributed by atoms with Crippen molar-refractivity contribution in [3.8, 4) is 0 Å². The summed E-state index contributed by atoms with van der Waals surface area (Å²) in [7, 11) is 0. The van der Waals surface area contributed by atoms with E-state index in [2.05, 4.69) is 5.32 Å². The van der Waals surface area contributed by atoms with E-state index in [-0.39, 0.29) is 11.9 Å². The van der Waals surface area contributed by atoms with Crippen LogP contribution in [0.1, 0.15) is 35.8 Å². The van der Waals surface area contributed by atoms with Gasteiger partial charge >= 0.3 is 0 Å². The molecule has 0 saturated carbocycles. The third kappa shape index (κ3) is 2.57. The molecule has 1 atom stereocenters. The lowest BCUT2D eigenvalue weighted by Crippen LogP contribution is -2.22. The Hall–Kier alpha value is -1.35. The van der Waals surface area contributed by atoms with Gasteiger partial charge in [0.15, 0.2) is 0 Å². The molecule has 0 spiro atoms. The Morgan fingerprint density at radius 1 is 1.43 bits per heavy atom. The maximum absolute atomic E-state index is 11.4. The van der Waals surface area contributed by atoms with Gasteiger partial charge < -0.3 is 11.1 Å². The van der Waals surface area contributed by atoms with Crippen LogP contribution in [-0.2, 0) is 0 Å². The highest BCUT2D eigenvalue weighted by Gasteiger charge is 2.04. The van der Waals surface area contributed by atoms with E-state index in [1.165, 1.54) is 0 Å². The summed E-state index contributed by atoms with van der Waals surface area (Å²) in [6.45, 7) is 4.46. The van der Waals surface area contributed by atoms with Crippen LogP contribution in [0.25, 0.3) is 0 Å². The largest absolute Gasteiger partial charge is 0.352 e. The summed E-state index contributed by atoms with van der Waals surface area (Å²) in [5.74, 6) is -0.0382. The second-order valence-electron chi connectivity index (χ2n) is 3.27. The van der Waals surface area contributed by atoms with Crippen molar-refractivity contribution in [2.45, 2.75) is 19.9 Å². The van der Waals surface area contributed by atoms with Crippen molar-refractivity contribution in [3.05, 3.63) is 35.4 Å². The molecule has 0 aliphatic rings. The Kier molecular flexibility index (Phi) is 3.65. The second kappa shape index (κ2) is 4.77. The highest BCUT2D eigenvalue weighted by Crippen LogP contribution is 2.10. The van der Waals surface area contributed by atoms with Crippen molar-refractivity contribution in [2.24, 2.45) is 5.73 Å². The minimum atomic E-state index is -0.0382. The van der Waals surface area contributed by atoms with Gasteiger partial charge in [-0.2, -0.15) is 0 Å². The molecule has 3 N–H and O–H groups in total. The molecule has 1 amide bonds. The van der Waals surface area contributed by atoms with Crippen molar-refractivity contribution in [1.82, 2.24) is 5.32 Å². The topological polar surface area (TPSA) is 55.1 Å². The van der Waals surface area contributed by atoms with Crippen LogP contribution < -0.4 is 11.1 Å². The van der Waals surface area contributed by atoms with E-state index in [9.17, 15) is 4.79 Å². The van der Waals surface area contributed by atoms with E-state index < -0.39 is 0 Å². The average molecular weight is 192 g/mol. The van der Waals surface area contributed by atoms with Crippen molar-refractivity contribution in [2.75, 3.05) is 6.54 Å². The summed E-state index contributed by atoms with van der Waals surface area (Å²) in [4.78, 5) is 11.4. The first-order chi connectivity index (χ1) is 6.65. The molecule has 3 heteroatoms. The van der Waals surface area contributed by atoms with E-state index in [0.29, 0.717) is 12.1 Å². The van der Waals surface area contributed by atoms with Gasteiger partial charge in [-0.25, -0.2) is 0 Å². The molecule has 0 aliphatic carbocycles. The minimum absolute atomic E-state index is 0.0123. The molecule has 76 valence electrons. The highest BCUT2D eigenvalue weighted by atomic mass is 16.1. The molecule has 0 aromatic heterocycles. The van der Waals surface area contributed by atoms with Crippen LogP contribution in [0.15, 0.2) is 24.3 Å². The summed E-state index contributed by atoms with van der Waals surface area (Å²) >= 11 is 0. The van der Waals surface area contributed by atoms with Crippen molar-refractivity contribution in [3.63, 3.8) is 0 Å². The number of benzene rings is 1. The fourth-order valence-corrected chi connectivity index (χ4v) is 1.20. The standard InChI is InChI=1S/C11H16N2O/c1-3-13-11(14)10-6-4-9(5-7-10)8(2)12/h4-8H,3,12H2,1-2H3,(H,13,14)/t8-/m0/s1. The van der Waals surface area contributed by atoms with Gasteiger partial charge in [0.1, 0.15) is 0 Å². The van der Waals surface area contributed by atoms with Crippen molar-refractivity contribution >= 4 is 5.91 Å². The van der Waals surface area contributed by atoms with E-state index in [1.54, 1.807) is 12.1 Å². The summed E-state index contributed by atoms with van der Waals surface area (Å²) in [5.41, 5.74) is 7.41. The maximum Gasteiger partial charge on any atom is 0.251 e. The van der Waals surface area contributed by atoms with E-state index in [1.807, 2.05) is 26.0 Å². The number of hydrogen-bond donors (Lipinski definition) is 2. The number of hydrogen-bond acceptors (Lipinski definition) is 2. The van der Waals surface area contributed by atoms with E-state index in [4.69, 9.17) is 5.73 Å². The molecular formula is C11H16N2O. The first kappa shape index (κ1) is 10.7. The molecule has 0 aliphatic heterocycles. The Morgan fingerprint density at radius 2 is 2.00 bits per heavy atom. The zero-order chi connectivity index (χ0) is 10.6. The average Bonchev–Trinajstić information content (AvgIpc) is 2.18. The maximum atomic E-state index is 11.4. The lowest BCUT2D eigenvalue weighted by Gasteiger charge is -2.06. The molecule has 0 saturated heterocycles. The van der Waals surface area contributed by atoms with Crippen LogP contribution >= 0.6 is 0 Å². The first-order valence-corrected chi connectivity index (χ1v) is 4.79. The summed E-state index contributed by atoms with van der Waals surface area (Å²) < 4.78 is 0.